The number of rotatable bonds is 14. The first-order chi connectivity index (χ1) is 9.49. The maximum absolute atomic E-state index is 11.3. The van der Waals surface area contributed by atoms with Gasteiger partial charge in [0, 0.05) is 10.7 Å². The van der Waals surface area contributed by atoms with Crippen molar-refractivity contribution in [3.05, 3.63) is 0 Å². The van der Waals surface area contributed by atoms with E-state index in [9.17, 15) is 8.42 Å². The van der Waals surface area contributed by atoms with Crippen LogP contribution in [0.4, 0.5) is 0 Å². The molecule has 0 radical (unpaired) electrons. The van der Waals surface area contributed by atoms with Crippen LogP contribution in [0.1, 0.15) is 90.9 Å². The van der Waals surface area contributed by atoms with Gasteiger partial charge in [0.05, 0.1) is 5.75 Å². The standard InChI is InChI=1S/C16H33ClO2S/c1-3-5-7-9-10-12-14-16(15-20(17,18)19)13-11-8-6-4-2/h16H,3-15H2,1-2H3. The minimum Gasteiger partial charge on any atom is -0.212 e. The van der Waals surface area contributed by atoms with Crippen molar-refractivity contribution in [1.29, 1.82) is 0 Å². The van der Waals surface area contributed by atoms with E-state index in [1.165, 1.54) is 51.4 Å². The van der Waals surface area contributed by atoms with E-state index >= 15 is 0 Å². The predicted octanol–water partition coefficient (Wildman–Crippen LogP) is 5.89. The van der Waals surface area contributed by atoms with Gasteiger partial charge in [-0.05, 0) is 18.8 Å². The van der Waals surface area contributed by atoms with Crippen LogP contribution in [0.25, 0.3) is 0 Å². The molecule has 122 valence electrons. The molecule has 0 aromatic rings. The number of halogens is 1. The third-order valence-electron chi connectivity index (χ3n) is 3.87. The van der Waals surface area contributed by atoms with Gasteiger partial charge in [-0.25, -0.2) is 8.42 Å². The molecule has 20 heavy (non-hydrogen) atoms. The molecule has 4 heteroatoms. The summed E-state index contributed by atoms with van der Waals surface area (Å²) in [6, 6.07) is 0. The molecule has 0 spiro atoms. The summed E-state index contributed by atoms with van der Waals surface area (Å²) in [6.45, 7) is 4.41. The Hall–Kier alpha value is 0.240. The zero-order valence-corrected chi connectivity index (χ0v) is 14.9. The molecule has 0 heterocycles. The molecule has 0 bridgehead atoms. The molecular formula is C16H33ClO2S. The van der Waals surface area contributed by atoms with Crippen molar-refractivity contribution in [2.75, 3.05) is 5.75 Å². The zero-order valence-electron chi connectivity index (χ0n) is 13.4. The first-order valence-corrected chi connectivity index (χ1v) is 10.9. The van der Waals surface area contributed by atoms with Gasteiger partial charge in [-0.15, -0.1) is 0 Å². The maximum atomic E-state index is 11.3. The van der Waals surface area contributed by atoms with Crippen molar-refractivity contribution in [2.24, 2.45) is 5.92 Å². The van der Waals surface area contributed by atoms with Gasteiger partial charge in [-0.1, -0.05) is 78.1 Å². The van der Waals surface area contributed by atoms with Crippen LogP contribution < -0.4 is 0 Å². The highest BCUT2D eigenvalue weighted by Gasteiger charge is 2.16. The van der Waals surface area contributed by atoms with Crippen LogP contribution in [0.2, 0.25) is 0 Å². The molecule has 1 unspecified atom stereocenters. The Kier molecular flexibility index (Phi) is 13.1. The predicted molar refractivity (Wildman–Crippen MR) is 89.9 cm³/mol. The molecule has 0 aromatic carbocycles. The second kappa shape index (κ2) is 12.9. The van der Waals surface area contributed by atoms with Crippen molar-refractivity contribution >= 4 is 19.7 Å². The van der Waals surface area contributed by atoms with Crippen LogP contribution in [0.3, 0.4) is 0 Å². The summed E-state index contributed by atoms with van der Waals surface area (Å²) in [5.74, 6) is 0.427. The zero-order chi connectivity index (χ0) is 15.3. The highest BCUT2D eigenvalue weighted by molar-refractivity contribution is 8.13. The molecule has 0 saturated heterocycles. The van der Waals surface area contributed by atoms with Crippen LogP contribution in [-0.2, 0) is 9.05 Å². The van der Waals surface area contributed by atoms with E-state index in [1.54, 1.807) is 0 Å². The Bertz CT molecular complexity index is 302. The van der Waals surface area contributed by atoms with Crippen molar-refractivity contribution in [3.8, 4) is 0 Å². The van der Waals surface area contributed by atoms with Gasteiger partial charge in [0.25, 0.3) is 0 Å². The Morgan fingerprint density at radius 1 is 0.750 bits per heavy atom. The van der Waals surface area contributed by atoms with Gasteiger partial charge in [0.1, 0.15) is 0 Å². The van der Waals surface area contributed by atoms with Gasteiger partial charge in [-0.3, -0.25) is 0 Å². The minimum atomic E-state index is -3.35. The van der Waals surface area contributed by atoms with Gasteiger partial charge in [-0.2, -0.15) is 0 Å². The van der Waals surface area contributed by atoms with Crippen molar-refractivity contribution in [2.45, 2.75) is 90.9 Å². The third kappa shape index (κ3) is 14.6. The lowest BCUT2D eigenvalue weighted by molar-refractivity contribution is 0.433. The summed E-state index contributed by atoms with van der Waals surface area (Å²) < 4.78 is 22.5. The number of unbranched alkanes of at least 4 members (excludes halogenated alkanes) is 8. The fraction of sp³-hybridized carbons (Fsp3) is 1.00. The van der Waals surface area contributed by atoms with Crippen LogP contribution in [0, 0.1) is 5.92 Å². The van der Waals surface area contributed by atoms with E-state index in [1.807, 2.05) is 0 Å². The van der Waals surface area contributed by atoms with E-state index < -0.39 is 9.05 Å². The largest absolute Gasteiger partial charge is 0.232 e. The molecule has 1 atom stereocenters. The van der Waals surface area contributed by atoms with E-state index in [-0.39, 0.29) is 11.7 Å². The summed E-state index contributed by atoms with van der Waals surface area (Å²) in [6.07, 6.45) is 14.4. The molecule has 0 aromatic heterocycles. The highest BCUT2D eigenvalue weighted by atomic mass is 35.7. The molecule has 0 aliphatic rings. The molecule has 0 amide bonds. The Morgan fingerprint density at radius 2 is 1.15 bits per heavy atom. The number of hydrogen-bond donors (Lipinski definition) is 0. The van der Waals surface area contributed by atoms with E-state index in [2.05, 4.69) is 13.8 Å². The monoisotopic (exact) mass is 324 g/mol. The fourth-order valence-corrected chi connectivity index (χ4v) is 4.10. The molecular weight excluding hydrogens is 292 g/mol. The molecule has 0 fully saturated rings. The van der Waals surface area contributed by atoms with E-state index in [0.717, 1.165) is 25.7 Å². The topological polar surface area (TPSA) is 34.1 Å². The maximum Gasteiger partial charge on any atom is 0.232 e. The first kappa shape index (κ1) is 20.2. The average Bonchev–Trinajstić information content (AvgIpc) is 2.36. The van der Waals surface area contributed by atoms with E-state index in [0.29, 0.717) is 0 Å². The highest BCUT2D eigenvalue weighted by Crippen LogP contribution is 2.21. The lowest BCUT2D eigenvalue weighted by atomic mass is 9.96. The van der Waals surface area contributed by atoms with Crippen LogP contribution >= 0.6 is 10.7 Å². The summed E-state index contributed by atoms with van der Waals surface area (Å²) >= 11 is 0. The first-order valence-electron chi connectivity index (χ1n) is 8.42. The molecule has 2 nitrogen and oxygen atoms in total. The fourth-order valence-electron chi connectivity index (χ4n) is 2.67. The Morgan fingerprint density at radius 3 is 1.60 bits per heavy atom. The van der Waals surface area contributed by atoms with Gasteiger partial charge in [0.2, 0.25) is 9.05 Å². The normalized spacial score (nSPS) is 13.6. The second-order valence-corrected chi connectivity index (χ2v) is 8.80. The SMILES string of the molecule is CCCCCCCCC(CCCCCC)CS(=O)(=O)Cl. The summed E-state index contributed by atoms with van der Waals surface area (Å²) in [7, 11) is 2.08. The quantitative estimate of drug-likeness (QED) is 0.295. The molecule has 0 aliphatic carbocycles. The lowest BCUT2D eigenvalue weighted by Crippen LogP contribution is -2.12. The van der Waals surface area contributed by atoms with E-state index in [4.69, 9.17) is 10.7 Å². The van der Waals surface area contributed by atoms with Crippen molar-refractivity contribution in [1.82, 2.24) is 0 Å². The Balaban J connectivity index is 3.86. The Labute approximate surface area is 131 Å². The third-order valence-corrected chi connectivity index (χ3v) is 5.11. The van der Waals surface area contributed by atoms with Crippen molar-refractivity contribution < 1.29 is 8.42 Å². The second-order valence-electron chi connectivity index (χ2n) is 5.98. The molecule has 0 rings (SSSR count). The smallest absolute Gasteiger partial charge is 0.212 e. The minimum absolute atomic E-state index is 0.162. The van der Waals surface area contributed by atoms with Crippen LogP contribution in [0.15, 0.2) is 0 Å². The summed E-state index contributed by atoms with van der Waals surface area (Å²) in [4.78, 5) is 0. The van der Waals surface area contributed by atoms with Gasteiger partial charge < -0.3 is 0 Å². The summed E-state index contributed by atoms with van der Waals surface area (Å²) in [5.41, 5.74) is 0. The van der Waals surface area contributed by atoms with Crippen LogP contribution in [0.5, 0.6) is 0 Å². The lowest BCUT2D eigenvalue weighted by Gasteiger charge is -2.15. The average molecular weight is 325 g/mol. The summed E-state index contributed by atoms with van der Waals surface area (Å²) in [5, 5.41) is 0. The van der Waals surface area contributed by atoms with Crippen LogP contribution in [-0.4, -0.2) is 14.2 Å². The van der Waals surface area contributed by atoms with Crippen molar-refractivity contribution in [3.63, 3.8) is 0 Å². The number of hydrogen-bond acceptors (Lipinski definition) is 2. The van der Waals surface area contributed by atoms with Gasteiger partial charge >= 0.3 is 0 Å². The molecule has 0 aliphatic heterocycles. The molecule has 0 N–H and O–H groups in total. The van der Waals surface area contributed by atoms with Gasteiger partial charge in [0.15, 0.2) is 0 Å². The molecule has 0 saturated carbocycles.